The lowest BCUT2D eigenvalue weighted by Crippen LogP contribution is -2.31. The molecular formula is C20H23N3O7S2. The Balaban J connectivity index is 2.09. The number of sulfonamides is 1. The number of rotatable bonds is 9. The van der Waals surface area contributed by atoms with Crippen LogP contribution >= 0.6 is 11.8 Å². The van der Waals surface area contributed by atoms with Gasteiger partial charge in [0.1, 0.15) is 5.56 Å². The molecule has 0 aliphatic heterocycles. The van der Waals surface area contributed by atoms with Gasteiger partial charge in [-0.2, -0.15) is 0 Å². The fourth-order valence-corrected chi connectivity index (χ4v) is 4.27. The van der Waals surface area contributed by atoms with E-state index in [0.717, 1.165) is 0 Å². The van der Waals surface area contributed by atoms with Gasteiger partial charge in [-0.25, -0.2) is 17.9 Å². The maximum atomic E-state index is 12.5. The number of hydrogen-bond donors (Lipinski definition) is 2. The number of benzene rings is 2. The zero-order chi connectivity index (χ0) is 24.1. The molecule has 2 aromatic rings. The average Bonchev–Trinajstić information content (AvgIpc) is 2.72. The molecule has 32 heavy (non-hydrogen) atoms. The van der Waals surface area contributed by atoms with E-state index >= 15 is 0 Å². The van der Waals surface area contributed by atoms with Crippen LogP contribution in [0.2, 0.25) is 0 Å². The molecule has 10 nitrogen and oxygen atoms in total. The number of carbonyl (C=O) groups excluding carboxylic acids is 2. The number of nitrogens with one attached hydrogen (secondary N) is 2. The Morgan fingerprint density at radius 1 is 1.09 bits per heavy atom. The predicted octanol–water partition coefficient (Wildman–Crippen LogP) is 3.19. The number of nitro benzene ring substituents is 1. The Morgan fingerprint density at radius 3 is 2.25 bits per heavy atom. The third-order valence-electron chi connectivity index (χ3n) is 4.10. The number of nitrogens with zero attached hydrogens (tertiary/aromatic N) is 1. The van der Waals surface area contributed by atoms with E-state index in [9.17, 15) is 28.1 Å². The molecule has 0 saturated carbocycles. The lowest BCUT2D eigenvalue weighted by molar-refractivity contribution is -0.385. The Bertz CT molecular complexity index is 1120. The van der Waals surface area contributed by atoms with E-state index in [2.05, 4.69) is 10.0 Å². The Morgan fingerprint density at radius 2 is 1.72 bits per heavy atom. The van der Waals surface area contributed by atoms with Gasteiger partial charge in [0, 0.05) is 22.7 Å². The number of thioether (sulfide) groups is 1. The maximum absolute atomic E-state index is 12.5. The molecule has 172 valence electrons. The number of amides is 1. The highest BCUT2D eigenvalue weighted by atomic mass is 32.2. The van der Waals surface area contributed by atoms with Crippen LogP contribution in [0.25, 0.3) is 0 Å². The fraction of sp³-hybridized carbons (Fsp3) is 0.300. The summed E-state index contributed by atoms with van der Waals surface area (Å²) in [5, 5.41) is 13.7. The second-order valence-corrected chi connectivity index (χ2v) is 9.57. The number of esters is 1. The minimum atomic E-state index is -3.67. The number of anilines is 1. The van der Waals surface area contributed by atoms with E-state index in [1.54, 1.807) is 20.1 Å². The lowest BCUT2D eigenvalue weighted by atomic mass is 10.2. The van der Waals surface area contributed by atoms with E-state index in [4.69, 9.17) is 4.74 Å². The van der Waals surface area contributed by atoms with Gasteiger partial charge >= 0.3 is 5.97 Å². The molecule has 1 atom stereocenters. The summed E-state index contributed by atoms with van der Waals surface area (Å²) in [5.41, 5.74) is -0.391. The van der Waals surface area contributed by atoms with Crippen LogP contribution in [0.1, 0.15) is 31.1 Å². The summed E-state index contributed by atoms with van der Waals surface area (Å²) in [6.07, 6.45) is 0.493. The van der Waals surface area contributed by atoms with Crippen LogP contribution in [0.4, 0.5) is 11.4 Å². The van der Waals surface area contributed by atoms with Crippen molar-refractivity contribution in [1.82, 2.24) is 4.72 Å². The highest BCUT2D eigenvalue weighted by molar-refractivity contribution is 7.98. The van der Waals surface area contributed by atoms with E-state index in [1.165, 1.54) is 61.2 Å². The first-order chi connectivity index (χ1) is 14.9. The summed E-state index contributed by atoms with van der Waals surface area (Å²) >= 11 is 1.30. The number of hydrogen-bond acceptors (Lipinski definition) is 8. The topological polar surface area (TPSA) is 145 Å². The van der Waals surface area contributed by atoms with Crippen molar-refractivity contribution in [2.24, 2.45) is 0 Å². The summed E-state index contributed by atoms with van der Waals surface area (Å²) in [4.78, 5) is 36.0. The Labute approximate surface area is 189 Å². The normalized spacial score (nSPS) is 12.3. The molecule has 0 bridgehead atoms. The van der Waals surface area contributed by atoms with Crippen LogP contribution in [0.3, 0.4) is 0 Å². The molecule has 0 spiro atoms. The van der Waals surface area contributed by atoms with E-state index < -0.39 is 38.6 Å². The SMILES string of the molecule is CSc1ccc([N+](=O)[O-])c(C(=O)OC(C)C(=O)Nc2ccc(S(=O)(=O)NC(C)C)cc2)c1. The van der Waals surface area contributed by atoms with Gasteiger partial charge in [-0.15, -0.1) is 11.8 Å². The molecule has 0 aromatic heterocycles. The standard InChI is InChI=1S/C20H23N3O7S2/c1-12(2)22-32(28,29)16-8-5-14(6-9-16)21-19(24)13(3)30-20(25)17-11-15(31-4)7-10-18(17)23(26)27/h5-13,22H,1-4H3,(H,21,24). The molecular weight excluding hydrogens is 458 g/mol. The zero-order valence-electron chi connectivity index (χ0n) is 17.8. The van der Waals surface area contributed by atoms with Gasteiger partial charge < -0.3 is 10.1 Å². The summed E-state index contributed by atoms with van der Waals surface area (Å²) in [5.74, 6) is -1.69. The van der Waals surface area contributed by atoms with E-state index in [1.807, 2.05) is 0 Å². The smallest absolute Gasteiger partial charge is 0.345 e. The van der Waals surface area contributed by atoms with Crippen molar-refractivity contribution in [3.63, 3.8) is 0 Å². The molecule has 12 heteroatoms. The maximum Gasteiger partial charge on any atom is 0.345 e. The highest BCUT2D eigenvalue weighted by Crippen LogP contribution is 2.26. The molecule has 0 aliphatic carbocycles. The van der Waals surface area contributed by atoms with Crippen molar-refractivity contribution in [3.05, 3.63) is 58.1 Å². The summed E-state index contributed by atoms with van der Waals surface area (Å²) in [7, 11) is -3.67. The molecule has 2 N–H and O–H groups in total. The predicted molar refractivity (Wildman–Crippen MR) is 120 cm³/mol. The molecule has 2 aromatic carbocycles. The second-order valence-electron chi connectivity index (χ2n) is 6.98. The van der Waals surface area contributed by atoms with Crippen LogP contribution in [-0.4, -0.2) is 43.6 Å². The van der Waals surface area contributed by atoms with Gasteiger partial charge in [0.2, 0.25) is 10.0 Å². The van der Waals surface area contributed by atoms with Crippen LogP contribution in [-0.2, 0) is 19.6 Å². The molecule has 1 unspecified atom stereocenters. The molecule has 1 amide bonds. The van der Waals surface area contributed by atoms with E-state index in [-0.39, 0.29) is 22.2 Å². The van der Waals surface area contributed by atoms with E-state index in [0.29, 0.717) is 4.90 Å². The largest absolute Gasteiger partial charge is 0.449 e. The first-order valence-corrected chi connectivity index (χ1v) is 12.1. The third-order valence-corrected chi connectivity index (χ3v) is 6.50. The minimum Gasteiger partial charge on any atom is -0.449 e. The van der Waals surface area contributed by atoms with Gasteiger partial charge in [-0.05, 0) is 63.4 Å². The summed E-state index contributed by atoms with van der Waals surface area (Å²) in [6, 6.07) is 9.22. The number of nitro groups is 1. The Kier molecular flexibility index (Phi) is 8.36. The van der Waals surface area contributed by atoms with Crippen molar-refractivity contribution in [2.75, 3.05) is 11.6 Å². The van der Waals surface area contributed by atoms with Gasteiger partial charge in [0.05, 0.1) is 9.82 Å². The first-order valence-electron chi connectivity index (χ1n) is 9.41. The number of ether oxygens (including phenoxy) is 1. The Hall–Kier alpha value is -2.96. The van der Waals surface area contributed by atoms with Crippen molar-refractivity contribution in [1.29, 1.82) is 0 Å². The fourth-order valence-electron chi connectivity index (χ4n) is 2.58. The van der Waals surface area contributed by atoms with Gasteiger partial charge in [-0.3, -0.25) is 14.9 Å². The van der Waals surface area contributed by atoms with Crippen LogP contribution in [0.5, 0.6) is 0 Å². The van der Waals surface area contributed by atoms with Crippen molar-refractivity contribution >= 4 is 45.0 Å². The second kappa shape index (κ2) is 10.6. The minimum absolute atomic E-state index is 0.0321. The van der Waals surface area contributed by atoms with Gasteiger partial charge in [-0.1, -0.05) is 0 Å². The average molecular weight is 482 g/mol. The zero-order valence-corrected chi connectivity index (χ0v) is 19.5. The van der Waals surface area contributed by atoms with Gasteiger partial charge in [0.15, 0.2) is 6.10 Å². The van der Waals surface area contributed by atoms with Crippen molar-refractivity contribution < 1.29 is 27.7 Å². The quantitative estimate of drug-likeness (QED) is 0.240. The van der Waals surface area contributed by atoms with Crippen LogP contribution < -0.4 is 10.0 Å². The van der Waals surface area contributed by atoms with Crippen LogP contribution in [0.15, 0.2) is 52.3 Å². The highest BCUT2D eigenvalue weighted by Gasteiger charge is 2.26. The van der Waals surface area contributed by atoms with Crippen molar-refractivity contribution in [3.8, 4) is 0 Å². The monoisotopic (exact) mass is 481 g/mol. The summed E-state index contributed by atoms with van der Waals surface area (Å²) in [6.45, 7) is 4.71. The van der Waals surface area contributed by atoms with Crippen molar-refractivity contribution in [2.45, 2.75) is 42.7 Å². The van der Waals surface area contributed by atoms with Gasteiger partial charge in [0.25, 0.3) is 11.6 Å². The lowest BCUT2D eigenvalue weighted by Gasteiger charge is -2.14. The molecule has 0 radical (unpaired) electrons. The third kappa shape index (κ3) is 6.52. The molecule has 2 rings (SSSR count). The molecule has 0 fully saturated rings. The van der Waals surface area contributed by atoms with Crippen LogP contribution in [0, 0.1) is 10.1 Å². The number of carbonyl (C=O) groups is 2. The first kappa shape index (κ1) is 25.3. The molecule has 0 aliphatic rings. The molecule has 0 saturated heterocycles. The summed E-state index contributed by atoms with van der Waals surface area (Å²) < 4.78 is 31.9. The molecule has 0 heterocycles.